The van der Waals surface area contributed by atoms with Gasteiger partial charge in [0.15, 0.2) is 5.96 Å². The van der Waals surface area contributed by atoms with E-state index in [1.54, 1.807) is 0 Å². The zero-order valence-corrected chi connectivity index (χ0v) is 18.6. The molecule has 2 unspecified atom stereocenters. The van der Waals surface area contributed by atoms with Crippen LogP contribution in [0.25, 0.3) is 0 Å². The lowest BCUT2D eigenvalue weighted by Gasteiger charge is -2.37. The summed E-state index contributed by atoms with van der Waals surface area (Å²) in [6.07, 6.45) is 6.66. The molecule has 2 fully saturated rings. The average Bonchev–Trinajstić information content (AvgIpc) is 2.51. The van der Waals surface area contributed by atoms with Crippen molar-refractivity contribution in [3.63, 3.8) is 0 Å². The summed E-state index contributed by atoms with van der Waals surface area (Å²) in [6.45, 7) is 14.3. The molecule has 0 amide bonds. The SMILES string of the molecule is CN=C(NCCCCN1CCC(C)CC1)N1CC(C)CC(C)C1.I. The number of guanidine groups is 1. The second-order valence-corrected chi connectivity index (χ2v) is 8.06. The average molecular weight is 450 g/mol. The van der Waals surface area contributed by atoms with E-state index in [0.717, 1.165) is 43.3 Å². The van der Waals surface area contributed by atoms with Crippen molar-refractivity contribution >= 4 is 29.9 Å². The van der Waals surface area contributed by atoms with Crippen LogP contribution in [-0.4, -0.2) is 62.1 Å². The van der Waals surface area contributed by atoms with Gasteiger partial charge in [-0.15, -0.1) is 24.0 Å². The summed E-state index contributed by atoms with van der Waals surface area (Å²) in [6, 6.07) is 0. The third-order valence-electron chi connectivity index (χ3n) is 5.44. The van der Waals surface area contributed by atoms with Gasteiger partial charge in [0.2, 0.25) is 0 Å². The molecule has 0 spiro atoms. The van der Waals surface area contributed by atoms with E-state index in [1.807, 2.05) is 7.05 Å². The predicted octanol–water partition coefficient (Wildman–Crippen LogP) is 3.67. The molecule has 5 heteroatoms. The largest absolute Gasteiger partial charge is 0.356 e. The summed E-state index contributed by atoms with van der Waals surface area (Å²) in [5.74, 6) is 3.60. The summed E-state index contributed by atoms with van der Waals surface area (Å²) in [5.41, 5.74) is 0. The summed E-state index contributed by atoms with van der Waals surface area (Å²) in [4.78, 5) is 9.59. The Morgan fingerprint density at radius 2 is 1.62 bits per heavy atom. The van der Waals surface area contributed by atoms with E-state index in [4.69, 9.17) is 0 Å². The van der Waals surface area contributed by atoms with E-state index in [0.29, 0.717) is 0 Å². The first-order valence-electron chi connectivity index (χ1n) is 9.76. The Hall–Kier alpha value is -0.0400. The minimum Gasteiger partial charge on any atom is -0.356 e. The smallest absolute Gasteiger partial charge is 0.193 e. The predicted molar refractivity (Wildman–Crippen MR) is 115 cm³/mol. The molecule has 0 aromatic heterocycles. The molecule has 2 rings (SSSR count). The zero-order chi connectivity index (χ0) is 16.7. The fourth-order valence-corrected chi connectivity index (χ4v) is 4.11. The van der Waals surface area contributed by atoms with Crippen molar-refractivity contribution in [2.24, 2.45) is 22.7 Å². The summed E-state index contributed by atoms with van der Waals surface area (Å²) in [5, 5.41) is 3.58. The number of piperidine rings is 2. The highest BCUT2D eigenvalue weighted by atomic mass is 127. The summed E-state index contributed by atoms with van der Waals surface area (Å²) >= 11 is 0. The first-order chi connectivity index (χ1) is 11.1. The summed E-state index contributed by atoms with van der Waals surface area (Å²) < 4.78 is 0. The highest BCUT2D eigenvalue weighted by molar-refractivity contribution is 14.0. The molecule has 0 radical (unpaired) electrons. The van der Waals surface area contributed by atoms with E-state index >= 15 is 0 Å². The van der Waals surface area contributed by atoms with Gasteiger partial charge in [-0.05, 0) is 69.5 Å². The molecule has 0 aromatic rings. The summed E-state index contributed by atoms with van der Waals surface area (Å²) in [7, 11) is 1.92. The van der Waals surface area contributed by atoms with Crippen molar-refractivity contribution in [3.05, 3.63) is 0 Å². The molecular weight excluding hydrogens is 411 g/mol. The van der Waals surface area contributed by atoms with Gasteiger partial charge in [0.05, 0.1) is 0 Å². The van der Waals surface area contributed by atoms with Gasteiger partial charge >= 0.3 is 0 Å². The van der Waals surface area contributed by atoms with Crippen molar-refractivity contribution in [1.29, 1.82) is 0 Å². The quantitative estimate of drug-likeness (QED) is 0.300. The number of unbranched alkanes of at least 4 members (excludes halogenated alkanes) is 1. The molecule has 142 valence electrons. The molecule has 1 N–H and O–H groups in total. The first kappa shape index (κ1) is 22.0. The van der Waals surface area contributed by atoms with Crippen molar-refractivity contribution in [2.45, 2.75) is 52.9 Å². The molecule has 0 bridgehead atoms. The second-order valence-electron chi connectivity index (χ2n) is 8.06. The Kier molecular flexibility index (Phi) is 10.6. The Morgan fingerprint density at radius 3 is 2.21 bits per heavy atom. The van der Waals surface area contributed by atoms with Crippen LogP contribution in [0.15, 0.2) is 4.99 Å². The number of halogens is 1. The highest BCUT2D eigenvalue weighted by Gasteiger charge is 2.23. The maximum absolute atomic E-state index is 4.50. The van der Waals surface area contributed by atoms with Gasteiger partial charge in [-0.1, -0.05) is 20.8 Å². The van der Waals surface area contributed by atoms with E-state index in [9.17, 15) is 0 Å². The van der Waals surface area contributed by atoms with Gasteiger partial charge in [0.25, 0.3) is 0 Å². The second kappa shape index (κ2) is 11.6. The Balaban J connectivity index is 0.00000288. The van der Waals surface area contributed by atoms with Crippen molar-refractivity contribution in [1.82, 2.24) is 15.1 Å². The monoisotopic (exact) mass is 450 g/mol. The lowest BCUT2D eigenvalue weighted by molar-refractivity contribution is 0.189. The minimum atomic E-state index is 0. The molecule has 4 nitrogen and oxygen atoms in total. The minimum absolute atomic E-state index is 0. The first-order valence-corrected chi connectivity index (χ1v) is 9.76. The Morgan fingerprint density at radius 1 is 1.00 bits per heavy atom. The highest BCUT2D eigenvalue weighted by Crippen LogP contribution is 2.21. The van der Waals surface area contributed by atoms with Crippen LogP contribution in [0.2, 0.25) is 0 Å². The van der Waals surface area contributed by atoms with Crippen molar-refractivity contribution in [3.8, 4) is 0 Å². The molecule has 2 aliphatic heterocycles. The maximum atomic E-state index is 4.50. The molecule has 0 aromatic carbocycles. The van der Waals surface area contributed by atoms with E-state index < -0.39 is 0 Å². The maximum Gasteiger partial charge on any atom is 0.193 e. The Bertz CT molecular complexity index is 356. The number of aliphatic imine (C=N–C) groups is 1. The van der Waals surface area contributed by atoms with E-state index in [-0.39, 0.29) is 24.0 Å². The normalized spacial score (nSPS) is 27.0. The van der Waals surface area contributed by atoms with Crippen LogP contribution >= 0.6 is 24.0 Å². The third-order valence-corrected chi connectivity index (χ3v) is 5.44. The number of nitrogens with one attached hydrogen (secondary N) is 1. The van der Waals surface area contributed by atoms with Crippen LogP contribution in [0.3, 0.4) is 0 Å². The fourth-order valence-electron chi connectivity index (χ4n) is 4.11. The Labute approximate surface area is 166 Å². The van der Waals surface area contributed by atoms with Gasteiger partial charge in [0.1, 0.15) is 0 Å². The van der Waals surface area contributed by atoms with Crippen LogP contribution in [0, 0.1) is 17.8 Å². The van der Waals surface area contributed by atoms with Gasteiger partial charge in [-0.25, -0.2) is 0 Å². The van der Waals surface area contributed by atoms with Crippen LogP contribution in [0.5, 0.6) is 0 Å². The van der Waals surface area contributed by atoms with Gasteiger partial charge in [-0.2, -0.15) is 0 Å². The molecule has 2 heterocycles. The van der Waals surface area contributed by atoms with E-state index in [2.05, 4.69) is 40.9 Å². The molecule has 2 aliphatic rings. The van der Waals surface area contributed by atoms with Gasteiger partial charge < -0.3 is 15.1 Å². The van der Waals surface area contributed by atoms with Crippen molar-refractivity contribution < 1.29 is 0 Å². The van der Waals surface area contributed by atoms with Crippen LogP contribution in [0.4, 0.5) is 0 Å². The molecule has 0 aliphatic carbocycles. The van der Waals surface area contributed by atoms with Crippen LogP contribution in [-0.2, 0) is 0 Å². The number of hydrogen-bond acceptors (Lipinski definition) is 2. The molecular formula is C19H39IN4. The molecule has 2 saturated heterocycles. The standard InChI is InChI=1S/C19H38N4.HI/c1-16-7-11-22(12-8-16)10-6-5-9-21-19(20-4)23-14-17(2)13-18(3)15-23;/h16-18H,5-15H2,1-4H3,(H,20,21);1H. The lowest BCUT2D eigenvalue weighted by atomic mass is 9.92. The van der Waals surface area contributed by atoms with Gasteiger partial charge in [-0.3, -0.25) is 4.99 Å². The molecule has 2 atom stereocenters. The van der Waals surface area contributed by atoms with Crippen LogP contribution < -0.4 is 5.32 Å². The molecule has 0 saturated carbocycles. The van der Waals surface area contributed by atoms with Crippen LogP contribution in [0.1, 0.15) is 52.9 Å². The van der Waals surface area contributed by atoms with Gasteiger partial charge in [0, 0.05) is 26.7 Å². The number of hydrogen-bond donors (Lipinski definition) is 1. The number of rotatable bonds is 5. The number of likely N-dealkylation sites (tertiary alicyclic amines) is 2. The number of nitrogens with zero attached hydrogens (tertiary/aromatic N) is 3. The topological polar surface area (TPSA) is 30.9 Å². The van der Waals surface area contributed by atoms with E-state index in [1.165, 1.54) is 51.7 Å². The molecule has 24 heavy (non-hydrogen) atoms. The zero-order valence-electron chi connectivity index (χ0n) is 16.3. The van der Waals surface area contributed by atoms with Crippen molar-refractivity contribution in [2.75, 3.05) is 46.3 Å². The lowest BCUT2D eigenvalue weighted by Crippen LogP contribution is -2.48. The third kappa shape index (κ3) is 7.46. The fraction of sp³-hybridized carbons (Fsp3) is 0.947.